The third kappa shape index (κ3) is 5.73. The molecule has 0 aromatic heterocycles. The topological polar surface area (TPSA) is 50.7 Å². The highest BCUT2D eigenvalue weighted by molar-refractivity contribution is 5.79. The summed E-state index contributed by atoms with van der Waals surface area (Å²) in [6.07, 6.45) is 6.44. The minimum atomic E-state index is -0.0735. The summed E-state index contributed by atoms with van der Waals surface area (Å²) in [6.45, 7) is 4.48. The minimum Gasteiger partial charge on any atom is -0.386 e. The molecule has 0 aliphatic heterocycles. The van der Waals surface area contributed by atoms with Crippen molar-refractivity contribution in [3.8, 4) is 0 Å². The lowest BCUT2D eigenvalue weighted by Gasteiger charge is -2.21. The van der Waals surface area contributed by atoms with E-state index in [4.69, 9.17) is 4.84 Å². The van der Waals surface area contributed by atoms with Gasteiger partial charge in [-0.05, 0) is 32.6 Å². The zero-order valence-electron chi connectivity index (χ0n) is 10.3. The summed E-state index contributed by atoms with van der Waals surface area (Å²) in [5.74, 6) is 0.588. The van der Waals surface area contributed by atoms with E-state index in [9.17, 15) is 4.79 Å². The molecule has 0 bridgehead atoms. The Labute approximate surface area is 97.4 Å². The second kappa shape index (κ2) is 7.25. The fraction of sp³-hybridized carbons (Fsp3) is 0.833. The van der Waals surface area contributed by atoms with Gasteiger partial charge in [-0.1, -0.05) is 24.4 Å². The number of hydrogen-bond donors (Lipinski definition) is 1. The number of rotatable bonds is 5. The van der Waals surface area contributed by atoms with Gasteiger partial charge in [0, 0.05) is 6.54 Å². The van der Waals surface area contributed by atoms with Crippen LogP contribution in [-0.4, -0.2) is 24.8 Å². The molecule has 0 atom stereocenters. The van der Waals surface area contributed by atoms with Crippen LogP contribution in [0, 0.1) is 5.92 Å². The number of oxime groups is 1. The summed E-state index contributed by atoms with van der Waals surface area (Å²) in [6, 6.07) is 0. The Morgan fingerprint density at radius 2 is 2.00 bits per heavy atom. The number of nitrogens with zero attached hydrogens (tertiary/aromatic N) is 1. The van der Waals surface area contributed by atoms with Gasteiger partial charge in [0.25, 0.3) is 5.91 Å². The highest BCUT2D eigenvalue weighted by Crippen LogP contribution is 2.22. The van der Waals surface area contributed by atoms with E-state index in [2.05, 4.69) is 10.5 Å². The van der Waals surface area contributed by atoms with Gasteiger partial charge in [-0.15, -0.1) is 0 Å². The van der Waals surface area contributed by atoms with Crippen molar-refractivity contribution in [2.24, 2.45) is 11.1 Å². The van der Waals surface area contributed by atoms with Crippen LogP contribution >= 0.6 is 0 Å². The maximum Gasteiger partial charge on any atom is 0.260 e. The Morgan fingerprint density at radius 3 is 2.62 bits per heavy atom. The van der Waals surface area contributed by atoms with Gasteiger partial charge in [0.15, 0.2) is 6.61 Å². The molecule has 0 aromatic rings. The Bertz CT molecular complexity index is 241. The van der Waals surface area contributed by atoms with E-state index in [0.717, 1.165) is 12.3 Å². The van der Waals surface area contributed by atoms with Gasteiger partial charge in [-0.3, -0.25) is 4.79 Å². The van der Waals surface area contributed by atoms with Crippen molar-refractivity contribution in [3.05, 3.63) is 0 Å². The predicted octanol–water partition coefficient (Wildman–Crippen LogP) is 2.10. The molecule has 1 aliphatic rings. The van der Waals surface area contributed by atoms with E-state index < -0.39 is 0 Å². The first-order valence-corrected chi connectivity index (χ1v) is 6.08. The van der Waals surface area contributed by atoms with Gasteiger partial charge in [0.1, 0.15) is 0 Å². The van der Waals surface area contributed by atoms with E-state index in [1.807, 2.05) is 13.8 Å². The molecule has 0 unspecified atom stereocenters. The van der Waals surface area contributed by atoms with Gasteiger partial charge >= 0.3 is 0 Å². The number of amides is 1. The molecule has 1 aliphatic carbocycles. The first kappa shape index (κ1) is 13.0. The fourth-order valence-corrected chi connectivity index (χ4v) is 1.92. The van der Waals surface area contributed by atoms with Crippen LogP contribution in [0.3, 0.4) is 0 Å². The second-order valence-corrected chi connectivity index (χ2v) is 4.62. The summed E-state index contributed by atoms with van der Waals surface area (Å²) in [4.78, 5) is 16.2. The van der Waals surface area contributed by atoms with E-state index in [0.29, 0.717) is 5.92 Å². The van der Waals surface area contributed by atoms with Crippen LogP contribution in [0.15, 0.2) is 5.16 Å². The lowest BCUT2D eigenvalue weighted by Crippen LogP contribution is -2.32. The zero-order valence-corrected chi connectivity index (χ0v) is 10.3. The Kier molecular flexibility index (Phi) is 5.90. The number of carbonyl (C=O) groups is 1. The maximum atomic E-state index is 11.4. The van der Waals surface area contributed by atoms with Crippen molar-refractivity contribution in [1.29, 1.82) is 0 Å². The molecule has 1 fully saturated rings. The molecule has 0 radical (unpaired) electrons. The standard InChI is InChI=1S/C12H22N2O2/c1-10(2)14-16-9-12(15)13-8-11-6-4-3-5-7-11/h11H,3-9H2,1-2H3,(H,13,15). The Balaban J connectivity index is 2.07. The van der Waals surface area contributed by atoms with E-state index in [1.54, 1.807) is 0 Å². The zero-order chi connectivity index (χ0) is 11.8. The van der Waals surface area contributed by atoms with Crippen molar-refractivity contribution in [3.63, 3.8) is 0 Å². The van der Waals surface area contributed by atoms with Crippen molar-refractivity contribution in [1.82, 2.24) is 5.32 Å². The molecule has 92 valence electrons. The predicted molar refractivity (Wildman–Crippen MR) is 64.3 cm³/mol. The molecule has 1 rings (SSSR count). The molecule has 4 heteroatoms. The Hall–Kier alpha value is -1.06. The van der Waals surface area contributed by atoms with Crippen LogP contribution in [0.1, 0.15) is 46.0 Å². The van der Waals surface area contributed by atoms with Crippen molar-refractivity contribution in [2.75, 3.05) is 13.2 Å². The summed E-state index contributed by atoms with van der Waals surface area (Å²) in [5.41, 5.74) is 0.820. The van der Waals surface area contributed by atoms with Gasteiger partial charge < -0.3 is 10.2 Å². The second-order valence-electron chi connectivity index (χ2n) is 4.62. The van der Waals surface area contributed by atoms with E-state index in [1.165, 1.54) is 32.1 Å². The molecule has 4 nitrogen and oxygen atoms in total. The average Bonchev–Trinajstić information content (AvgIpc) is 2.27. The van der Waals surface area contributed by atoms with Crippen LogP contribution in [-0.2, 0) is 9.63 Å². The first-order chi connectivity index (χ1) is 7.68. The van der Waals surface area contributed by atoms with E-state index >= 15 is 0 Å². The van der Waals surface area contributed by atoms with Gasteiger partial charge in [0.2, 0.25) is 0 Å². The normalized spacial score (nSPS) is 16.6. The SMILES string of the molecule is CC(C)=NOCC(=O)NCC1CCCCC1. The summed E-state index contributed by atoms with van der Waals surface area (Å²) in [5, 5.41) is 6.61. The van der Waals surface area contributed by atoms with Crippen LogP contribution in [0.2, 0.25) is 0 Å². The highest BCUT2D eigenvalue weighted by Gasteiger charge is 2.14. The monoisotopic (exact) mass is 226 g/mol. The lowest BCUT2D eigenvalue weighted by molar-refractivity contribution is -0.125. The number of hydrogen-bond acceptors (Lipinski definition) is 3. The largest absolute Gasteiger partial charge is 0.386 e. The molecule has 1 amide bonds. The van der Waals surface area contributed by atoms with Crippen molar-refractivity contribution < 1.29 is 9.63 Å². The first-order valence-electron chi connectivity index (χ1n) is 6.08. The molecular weight excluding hydrogens is 204 g/mol. The van der Waals surface area contributed by atoms with Gasteiger partial charge in [-0.25, -0.2) is 0 Å². The number of nitrogens with one attached hydrogen (secondary N) is 1. The molecule has 16 heavy (non-hydrogen) atoms. The third-order valence-corrected chi connectivity index (χ3v) is 2.76. The van der Waals surface area contributed by atoms with E-state index in [-0.39, 0.29) is 12.5 Å². The smallest absolute Gasteiger partial charge is 0.260 e. The average molecular weight is 226 g/mol. The quantitative estimate of drug-likeness (QED) is 0.576. The van der Waals surface area contributed by atoms with Crippen LogP contribution in [0.5, 0.6) is 0 Å². The molecule has 0 heterocycles. The minimum absolute atomic E-state index is 0.0257. The van der Waals surface area contributed by atoms with Crippen LogP contribution in [0.4, 0.5) is 0 Å². The molecular formula is C12H22N2O2. The molecule has 1 saturated carbocycles. The van der Waals surface area contributed by atoms with Gasteiger partial charge in [0.05, 0.1) is 5.71 Å². The van der Waals surface area contributed by atoms with Crippen LogP contribution < -0.4 is 5.32 Å². The summed E-state index contributed by atoms with van der Waals surface area (Å²) >= 11 is 0. The fourth-order valence-electron chi connectivity index (χ4n) is 1.92. The Morgan fingerprint density at radius 1 is 1.31 bits per heavy atom. The van der Waals surface area contributed by atoms with Crippen LogP contribution in [0.25, 0.3) is 0 Å². The van der Waals surface area contributed by atoms with Crippen molar-refractivity contribution >= 4 is 11.6 Å². The van der Waals surface area contributed by atoms with Crippen molar-refractivity contribution in [2.45, 2.75) is 46.0 Å². The molecule has 0 aromatic carbocycles. The molecule has 0 saturated heterocycles. The van der Waals surface area contributed by atoms with Gasteiger partial charge in [-0.2, -0.15) is 0 Å². The number of carbonyl (C=O) groups excluding carboxylic acids is 1. The molecule has 0 spiro atoms. The highest BCUT2D eigenvalue weighted by atomic mass is 16.6. The third-order valence-electron chi connectivity index (χ3n) is 2.76. The maximum absolute atomic E-state index is 11.4. The summed E-state index contributed by atoms with van der Waals surface area (Å²) < 4.78 is 0. The molecule has 1 N–H and O–H groups in total. The lowest BCUT2D eigenvalue weighted by atomic mass is 9.89. The summed E-state index contributed by atoms with van der Waals surface area (Å²) in [7, 11) is 0.